The number of ketones is 1. The molecule has 9 nitrogen and oxygen atoms in total. The predicted octanol–water partition coefficient (Wildman–Crippen LogP) is 3.69. The fourth-order valence-corrected chi connectivity index (χ4v) is 4.38. The maximum atomic E-state index is 13.3. The van der Waals surface area contributed by atoms with E-state index in [9.17, 15) is 22.8 Å². The van der Waals surface area contributed by atoms with Gasteiger partial charge in [0.1, 0.15) is 6.20 Å². The Bertz CT molecular complexity index is 1250. The topological polar surface area (TPSA) is 107 Å². The number of urea groups is 1. The maximum absolute atomic E-state index is 13.3. The van der Waals surface area contributed by atoms with E-state index in [0.717, 1.165) is 6.26 Å². The molecule has 3 rings (SSSR count). The number of carbonyl (C=O) groups excluding carboxylic acids is 3. The summed E-state index contributed by atoms with van der Waals surface area (Å²) < 4.78 is 31.8. The summed E-state index contributed by atoms with van der Waals surface area (Å²) in [6.45, 7) is 1.60. The van der Waals surface area contributed by atoms with Crippen LogP contribution in [-0.2, 0) is 19.0 Å². The summed E-state index contributed by atoms with van der Waals surface area (Å²) in [5.41, 5.74) is 2.02. The smallest absolute Gasteiger partial charge is 0.422 e. The summed E-state index contributed by atoms with van der Waals surface area (Å²) in [5, 5.41) is 0. The summed E-state index contributed by atoms with van der Waals surface area (Å²) >= 11 is 0. The molecule has 0 spiro atoms. The van der Waals surface area contributed by atoms with E-state index in [1.807, 2.05) is 0 Å². The molecule has 3 amide bonds. The monoisotopic (exact) mass is 473 g/mol. The minimum atomic E-state index is -3.63. The Labute approximate surface area is 192 Å². The number of hydrogen-bond donors (Lipinski definition) is 0. The molecule has 0 aromatic heterocycles. The molecular weight excluding hydrogens is 448 g/mol. The van der Waals surface area contributed by atoms with Crippen LogP contribution >= 0.6 is 0 Å². The van der Waals surface area contributed by atoms with Crippen molar-refractivity contribution in [1.82, 2.24) is 9.38 Å². The first kappa shape index (κ1) is 24.3. The van der Waals surface area contributed by atoms with E-state index in [0.29, 0.717) is 27.9 Å². The van der Waals surface area contributed by atoms with Gasteiger partial charge in [-0.3, -0.25) is 13.9 Å². The Kier molecular flexibility index (Phi) is 6.55. The number of rotatable bonds is 5. The zero-order valence-corrected chi connectivity index (χ0v) is 19.8. The summed E-state index contributed by atoms with van der Waals surface area (Å²) in [5.74, 6) is -0.318. The van der Waals surface area contributed by atoms with Gasteiger partial charge in [-0.05, 0) is 18.6 Å². The number of amides is 3. The molecule has 174 valence electrons. The largest absolute Gasteiger partial charge is 0.535 e. The number of methoxy groups -OCH3 is 1. The fraction of sp³-hybridized carbons (Fsp3) is 0.261. The van der Waals surface area contributed by atoms with Crippen molar-refractivity contribution in [1.29, 1.82) is 0 Å². The molecule has 10 heteroatoms. The zero-order valence-electron chi connectivity index (χ0n) is 18.9. The molecule has 0 bridgehead atoms. The van der Waals surface area contributed by atoms with Gasteiger partial charge < -0.3 is 4.74 Å². The molecule has 2 unspecified atom stereocenters. The molecular formula is C23H25N2O7S+. The van der Waals surface area contributed by atoms with Crippen molar-refractivity contribution in [2.45, 2.75) is 13.0 Å². The van der Waals surface area contributed by atoms with Crippen LogP contribution in [0, 0.1) is 0 Å². The Morgan fingerprint density at radius 3 is 2.21 bits per heavy atom. The molecule has 1 aliphatic rings. The van der Waals surface area contributed by atoms with Crippen LogP contribution < -0.4 is 4.48 Å². The number of benzene rings is 2. The van der Waals surface area contributed by atoms with Gasteiger partial charge in [-0.25, -0.2) is 4.79 Å². The third-order valence-corrected chi connectivity index (χ3v) is 5.92. The molecule has 0 aliphatic carbocycles. The average Bonchev–Trinajstić information content (AvgIpc) is 3.17. The van der Waals surface area contributed by atoms with Crippen LogP contribution in [0.5, 0.6) is 0 Å². The average molecular weight is 474 g/mol. The lowest BCUT2D eigenvalue weighted by Crippen LogP contribution is -2.57. The Balaban J connectivity index is 2.00. The number of nitrogens with zero attached hydrogens (tertiary/aromatic N) is 2. The van der Waals surface area contributed by atoms with Crippen molar-refractivity contribution in [3.63, 3.8) is 0 Å². The van der Waals surface area contributed by atoms with E-state index in [2.05, 4.69) is 0 Å². The van der Waals surface area contributed by atoms with Gasteiger partial charge in [0.25, 0.3) is 10.1 Å². The van der Waals surface area contributed by atoms with Gasteiger partial charge in [0.2, 0.25) is 0 Å². The van der Waals surface area contributed by atoms with E-state index < -0.39 is 32.8 Å². The molecule has 33 heavy (non-hydrogen) atoms. The van der Waals surface area contributed by atoms with Gasteiger partial charge in [0.05, 0.1) is 25.0 Å². The van der Waals surface area contributed by atoms with Gasteiger partial charge in [0.15, 0.2) is 11.5 Å². The van der Waals surface area contributed by atoms with E-state index in [1.165, 1.54) is 32.3 Å². The van der Waals surface area contributed by atoms with Crippen LogP contribution in [0.15, 0.2) is 48.7 Å². The molecule has 0 N–H and O–H groups in total. The predicted molar refractivity (Wildman–Crippen MR) is 123 cm³/mol. The van der Waals surface area contributed by atoms with E-state index in [-0.39, 0.29) is 5.78 Å². The van der Waals surface area contributed by atoms with Gasteiger partial charge in [0, 0.05) is 37.4 Å². The number of hydrogen-bond acceptors (Lipinski definition) is 7. The Morgan fingerprint density at radius 1 is 1.03 bits per heavy atom. The van der Waals surface area contributed by atoms with Crippen molar-refractivity contribution in [3.05, 3.63) is 70.9 Å². The van der Waals surface area contributed by atoms with Crippen LogP contribution in [0.3, 0.4) is 0 Å². The number of fused-ring (bicyclic) bond motifs is 1. The Morgan fingerprint density at radius 2 is 1.67 bits per heavy atom. The molecule has 2 aromatic rings. The normalized spacial score (nSPS) is 17.8. The lowest BCUT2D eigenvalue weighted by Gasteiger charge is -2.27. The first-order valence-corrected chi connectivity index (χ1v) is 11.8. The van der Waals surface area contributed by atoms with Crippen molar-refractivity contribution < 1.29 is 31.7 Å². The SMILES string of the molecule is COC(=O)[N+]1(C(=O)N(C)C)C=Cc2c(C(=O)c3ccc(C(C)OS(C)(=O)=O)cc3)cccc21. The Hall–Kier alpha value is -3.34. The quantitative estimate of drug-likeness (QED) is 0.370. The van der Waals surface area contributed by atoms with Crippen molar-refractivity contribution in [3.8, 4) is 0 Å². The van der Waals surface area contributed by atoms with Crippen LogP contribution in [-0.4, -0.2) is 58.7 Å². The first-order chi connectivity index (χ1) is 15.4. The summed E-state index contributed by atoms with van der Waals surface area (Å²) in [7, 11) is 0.630. The lowest BCUT2D eigenvalue weighted by atomic mass is 9.96. The highest BCUT2D eigenvalue weighted by molar-refractivity contribution is 7.86. The highest BCUT2D eigenvalue weighted by Crippen LogP contribution is 2.40. The molecule has 0 saturated heterocycles. The number of imide groups is 1. The molecule has 1 aliphatic heterocycles. The zero-order chi connectivity index (χ0) is 24.6. The van der Waals surface area contributed by atoms with Crippen molar-refractivity contribution in [2.24, 2.45) is 0 Å². The van der Waals surface area contributed by atoms with E-state index in [4.69, 9.17) is 8.92 Å². The maximum Gasteiger partial charge on any atom is 0.535 e. The highest BCUT2D eigenvalue weighted by Gasteiger charge is 2.53. The van der Waals surface area contributed by atoms with E-state index >= 15 is 0 Å². The number of carbonyl (C=O) groups is 3. The number of ether oxygens (including phenoxy) is 1. The second kappa shape index (κ2) is 8.89. The molecule has 0 saturated carbocycles. The fourth-order valence-electron chi connectivity index (χ4n) is 3.74. The van der Waals surface area contributed by atoms with Crippen LogP contribution in [0.4, 0.5) is 15.3 Å². The van der Waals surface area contributed by atoms with Gasteiger partial charge in [-0.2, -0.15) is 13.2 Å². The van der Waals surface area contributed by atoms with Crippen LogP contribution in [0.2, 0.25) is 0 Å². The summed E-state index contributed by atoms with van der Waals surface area (Å²) in [4.78, 5) is 40.3. The minimum Gasteiger partial charge on any atom is -0.422 e. The molecule has 1 heterocycles. The molecule has 0 fully saturated rings. The highest BCUT2D eigenvalue weighted by atomic mass is 32.2. The van der Waals surface area contributed by atoms with Crippen LogP contribution in [0.1, 0.15) is 40.1 Å². The van der Waals surface area contributed by atoms with E-state index in [1.54, 1.807) is 55.5 Å². The van der Waals surface area contributed by atoms with Gasteiger partial charge in [-0.15, -0.1) is 0 Å². The standard InChI is InChI=1S/C23H25N2O7S/c1-15(32-33(5,29)30)16-9-11-17(12-10-16)21(26)19-7-6-8-20-18(19)13-14-25(20,23(28)31-4)22(27)24(2)3/h6-15H,1-5H3/q+1. The molecule has 2 atom stereocenters. The van der Waals surface area contributed by atoms with Crippen LogP contribution in [0.25, 0.3) is 6.08 Å². The minimum absolute atomic E-state index is 0.312. The van der Waals surface area contributed by atoms with Gasteiger partial charge >= 0.3 is 12.1 Å². The summed E-state index contributed by atoms with van der Waals surface area (Å²) in [6, 6.07) is 10.7. The second-order valence-corrected chi connectivity index (χ2v) is 9.42. The molecule has 0 radical (unpaired) electrons. The molecule has 2 aromatic carbocycles. The summed E-state index contributed by atoms with van der Waals surface area (Å²) in [6.07, 6.45) is 2.44. The second-order valence-electron chi connectivity index (χ2n) is 7.82. The van der Waals surface area contributed by atoms with Crippen molar-refractivity contribution >= 4 is 39.8 Å². The first-order valence-electron chi connectivity index (χ1n) is 9.97. The third-order valence-electron chi connectivity index (χ3n) is 5.28. The van der Waals surface area contributed by atoms with Gasteiger partial charge in [-0.1, -0.05) is 34.8 Å². The third kappa shape index (κ3) is 4.45. The van der Waals surface area contributed by atoms with Crippen molar-refractivity contribution in [2.75, 3.05) is 27.5 Å². The lowest BCUT2D eigenvalue weighted by molar-refractivity contribution is 0.103. The number of quaternary nitrogens is 1.